The zero-order chi connectivity index (χ0) is 9.07. The lowest BCUT2D eigenvalue weighted by Crippen LogP contribution is -2.49. The molecule has 0 aromatic rings. The molecule has 0 unspecified atom stereocenters. The van der Waals surface area contributed by atoms with E-state index in [9.17, 15) is 9.59 Å². The summed E-state index contributed by atoms with van der Waals surface area (Å²) in [6.07, 6.45) is 4.72. The van der Waals surface area contributed by atoms with Crippen LogP contribution in [0.25, 0.3) is 0 Å². The molecule has 4 heteroatoms. The standard InChI is InChI=1S/C7H9NO3/c1-4-5(9)8-7(2,3)6(10)11/h1H,2-3H3,(H,8,9)(H,10,11). The maximum Gasteiger partial charge on any atom is 0.328 e. The second-order valence-corrected chi connectivity index (χ2v) is 2.53. The first-order valence-electron chi connectivity index (χ1n) is 2.92. The number of carbonyl (C=O) groups excluding carboxylic acids is 1. The Kier molecular flexibility index (Phi) is 2.64. The lowest BCUT2D eigenvalue weighted by Gasteiger charge is -2.18. The molecule has 0 aliphatic rings. The molecule has 60 valence electrons. The molecule has 0 saturated heterocycles. The summed E-state index contributed by atoms with van der Waals surface area (Å²) in [6.45, 7) is 2.70. The van der Waals surface area contributed by atoms with Crippen LogP contribution in [0.4, 0.5) is 0 Å². The van der Waals surface area contributed by atoms with Gasteiger partial charge in [0.15, 0.2) is 0 Å². The second-order valence-electron chi connectivity index (χ2n) is 2.53. The number of terminal acetylenes is 1. The van der Waals surface area contributed by atoms with Gasteiger partial charge in [-0.05, 0) is 19.8 Å². The fraction of sp³-hybridized carbons (Fsp3) is 0.429. The quantitative estimate of drug-likeness (QED) is 0.533. The average Bonchev–Trinajstić information content (AvgIpc) is 1.86. The highest BCUT2D eigenvalue weighted by Crippen LogP contribution is 2.00. The summed E-state index contributed by atoms with van der Waals surface area (Å²) in [6, 6.07) is 0. The van der Waals surface area contributed by atoms with Gasteiger partial charge in [-0.15, -0.1) is 6.42 Å². The Morgan fingerprint density at radius 3 is 2.27 bits per heavy atom. The molecule has 0 radical (unpaired) electrons. The Bertz CT molecular complexity index is 224. The van der Waals surface area contributed by atoms with Gasteiger partial charge in [-0.25, -0.2) is 4.79 Å². The number of carbonyl (C=O) groups is 2. The Labute approximate surface area is 64.6 Å². The number of aliphatic carboxylic acids is 1. The van der Waals surface area contributed by atoms with Crippen LogP contribution in [0.15, 0.2) is 0 Å². The second kappa shape index (κ2) is 3.06. The molecular weight excluding hydrogens is 146 g/mol. The lowest BCUT2D eigenvalue weighted by molar-refractivity contribution is -0.145. The highest BCUT2D eigenvalue weighted by atomic mass is 16.4. The molecule has 0 aromatic heterocycles. The molecule has 0 heterocycles. The van der Waals surface area contributed by atoms with Gasteiger partial charge in [0.2, 0.25) is 0 Å². The van der Waals surface area contributed by atoms with Crippen molar-refractivity contribution in [2.75, 3.05) is 0 Å². The smallest absolute Gasteiger partial charge is 0.328 e. The molecule has 1 amide bonds. The van der Waals surface area contributed by atoms with Gasteiger partial charge in [-0.2, -0.15) is 0 Å². The van der Waals surface area contributed by atoms with E-state index in [2.05, 4.69) is 5.32 Å². The highest BCUT2D eigenvalue weighted by molar-refractivity contribution is 5.96. The minimum Gasteiger partial charge on any atom is -0.480 e. The topological polar surface area (TPSA) is 66.4 Å². The van der Waals surface area contributed by atoms with E-state index >= 15 is 0 Å². The minimum atomic E-state index is -1.30. The third-order valence-electron chi connectivity index (χ3n) is 1.09. The number of rotatable bonds is 2. The zero-order valence-electron chi connectivity index (χ0n) is 6.34. The van der Waals surface area contributed by atoms with Crippen LogP contribution in [-0.2, 0) is 9.59 Å². The van der Waals surface area contributed by atoms with Gasteiger partial charge >= 0.3 is 5.97 Å². The van der Waals surface area contributed by atoms with E-state index in [-0.39, 0.29) is 0 Å². The molecule has 2 N–H and O–H groups in total. The van der Waals surface area contributed by atoms with E-state index in [1.165, 1.54) is 13.8 Å². The van der Waals surface area contributed by atoms with Crippen LogP contribution < -0.4 is 5.32 Å². The van der Waals surface area contributed by atoms with Gasteiger partial charge in [0.25, 0.3) is 5.91 Å². The number of carboxylic acids is 1. The molecule has 0 bridgehead atoms. The molecule has 0 aliphatic carbocycles. The molecule has 0 atom stereocenters. The van der Waals surface area contributed by atoms with Crippen molar-refractivity contribution >= 4 is 11.9 Å². The largest absolute Gasteiger partial charge is 0.480 e. The van der Waals surface area contributed by atoms with Gasteiger partial charge in [-0.1, -0.05) is 0 Å². The van der Waals surface area contributed by atoms with E-state index < -0.39 is 17.4 Å². The summed E-state index contributed by atoms with van der Waals surface area (Å²) >= 11 is 0. The molecule has 0 aromatic carbocycles. The monoisotopic (exact) mass is 155 g/mol. The minimum absolute atomic E-state index is 0.725. The van der Waals surface area contributed by atoms with Crippen LogP contribution in [0.2, 0.25) is 0 Å². The summed E-state index contributed by atoms with van der Waals surface area (Å²) in [5, 5.41) is 10.6. The predicted molar refractivity (Wildman–Crippen MR) is 38.7 cm³/mol. The molecule has 0 aliphatic heterocycles. The van der Waals surface area contributed by atoms with Crippen molar-refractivity contribution in [3.63, 3.8) is 0 Å². The first-order chi connectivity index (χ1) is 4.90. The third kappa shape index (κ3) is 2.72. The molecule has 0 rings (SSSR count). The van der Waals surface area contributed by atoms with E-state index in [0.29, 0.717) is 0 Å². The highest BCUT2D eigenvalue weighted by Gasteiger charge is 2.27. The SMILES string of the molecule is C#CC(=O)NC(C)(C)C(=O)O. The van der Waals surface area contributed by atoms with Crippen molar-refractivity contribution in [1.29, 1.82) is 0 Å². The zero-order valence-corrected chi connectivity index (χ0v) is 6.34. The van der Waals surface area contributed by atoms with Crippen LogP contribution in [0.5, 0.6) is 0 Å². The molecular formula is C7H9NO3. The molecule has 0 spiro atoms. The fourth-order valence-electron chi connectivity index (χ4n) is 0.373. The van der Waals surface area contributed by atoms with E-state index in [4.69, 9.17) is 11.5 Å². The van der Waals surface area contributed by atoms with Gasteiger partial charge in [0, 0.05) is 0 Å². The maximum absolute atomic E-state index is 10.5. The van der Waals surface area contributed by atoms with Gasteiger partial charge in [0.1, 0.15) is 5.54 Å². The normalized spacial score (nSPS) is 9.91. The number of carboxylic acid groups (broad SMARTS) is 1. The van der Waals surface area contributed by atoms with Crippen LogP contribution in [0, 0.1) is 12.3 Å². The van der Waals surface area contributed by atoms with Gasteiger partial charge in [-0.3, -0.25) is 4.79 Å². The molecule has 0 saturated carbocycles. The number of nitrogens with one attached hydrogen (secondary N) is 1. The summed E-state index contributed by atoms with van der Waals surface area (Å²) < 4.78 is 0. The summed E-state index contributed by atoms with van der Waals surface area (Å²) in [7, 11) is 0. The van der Waals surface area contributed by atoms with Crippen LogP contribution >= 0.6 is 0 Å². The summed E-state index contributed by atoms with van der Waals surface area (Å²) in [4.78, 5) is 20.9. The van der Waals surface area contributed by atoms with E-state index in [0.717, 1.165) is 0 Å². The Balaban J connectivity index is 4.27. The van der Waals surface area contributed by atoms with Crippen molar-refractivity contribution in [3.05, 3.63) is 0 Å². The first kappa shape index (κ1) is 9.50. The first-order valence-corrected chi connectivity index (χ1v) is 2.92. The van der Waals surface area contributed by atoms with Crippen molar-refractivity contribution in [2.45, 2.75) is 19.4 Å². The Morgan fingerprint density at radius 2 is 2.00 bits per heavy atom. The lowest BCUT2D eigenvalue weighted by atomic mass is 10.1. The van der Waals surface area contributed by atoms with Crippen LogP contribution in [-0.4, -0.2) is 22.5 Å². The molecule has 11 heavy (non-hydrogen) atoms. The predicted octanol–water partition coefficient (Wildman–Crippen LogP) is -0.401. The van der Waals surface area contributed by atoms with Crippen molar-refractivity contribution in [3.8, 4) is 12.3 Å². The fourth-order valence-corrected chi connectivity index (χ4v) is 0.373. The number of amides is 1. The summed E-state index contributed by atoms with van der Waals surface area (Å²) in [5.74, 6) is -0.0860. The Morgan fingerprint density at radius 1 is 1.55 bits per heavy atom. The van der Waals surface area contributed by atoms with E-state index in [1.807, 2.05) is 0 Å². The van der Waals surface area contributed by atoms with Gasteiger partial charge < -0.3 is 10.4 Å². The average molecular weight is 155 g/mol. The van der Waals surface area contributed by atoms with Gasteiger partial charge in [0.05, 0.1) is 0 Å². The summed E-state index contributed by atoms with van der Waals surface area (Å²) in [5.41, 5.74) is -1.30. The molecule has 0 fully saturated rings. The maximum atomic E-state index is 10.5. The van der Waals surface area contributed by atoms with E-state index in [1.54, 1.807) is 5.92 Å². The Hall–Kier alpha value is -1.50. The van der Waals surface area contributed by atoms with Crippen molar-refractivity contribution in [1.82, 2.24) is 5.32 Å². The van der Waals surface area contributed by atoms with Crippen molar-refractivity contribution in [2.24, 2.45) is 0 Å². The third-order valence-corrected chi connectivity index (χ3v) is 1.09. The van der Waals surface area contributed by atoms with Crippen LogP contribution in [0.3, 0.4) is 0 Å². The number of hydrogen-bond donors (Lipinski definition) is 2. The van der Waals surface area contributed by atoms with Crippen molar-refractivity contribution < 1.29 is 14.7 Å². The molecule has 4 nitrogen and oxygen atoms in total. The number of hydrogen-bond acceptors (Lipinski definition) is 2. The van der Waals surface area contributed by atoms with Crippen LogP contribution in [0.1, 0.15) is 13.8 Å².